The van der Waals surface area contributed by atoms with Crippen molar-refractivity contribution in [2.75, 3.05) is 13.7 Å². The van der Waals surface area contributed by atoms with Gasteiger partial charge >= 0.3 is 5.97 Å². The van der Waals surface area contributed by atoms with Gasteiger partial charge < -0.3 is 9.47 Å². The van der Waals surface area contributed by atoms with Gasteiger partial charge in [-0.05, 0) is 32.9 Å². The minimum atomic E-state index is -0.656. The van der Waals surface area contributed by atoms with E-state index < -0.39 is 5.41 Å². The number of hydrogen-bond acceptors (Lipinski definition) is 4. The number of nitrogens with zero attached hydrogens (tertiary/aromatic N) is 1. The van der Waals surface area contributed by atoms with Crippen molar-refractivity contribution in [1.82, 2.24) is 4.98 Å². The van der Waals surface area contributed by atoms with E-state index in [0.29, 0.717) is 5.75 Å². The quantitative estimate of drug-likeness (QED) is 0.732. The Kier molecular flexibility index (Phi) is 3.88. The van der Waals surface area contributed by atoms with Crippen molar-refractivity contribution in [2.24, 2.45) is 5.41 Å². The fourth-order valence-corrected chi connectivity index (χ4v) is 1.22. The summed E-state index contributed by atoms with van der Waals surface area (Å²) in [4.78, 5) is 15.5. The number of aryl methyl sites for hydroxylation is 1. The van der Waals surface area contributed by atoms with Crippen molar-refractivity contribution in [3.8, 4) is 5.75 Å². The molecule has 0 aliphatic carbocycles. The molecule has 4 heteroatoms. The maximum Gasteiger partial charge on any atom is 0.314 e. The van der Waals surface area contributed by atoms with Crippen LogP contribution >= 0.6 is 0 Å². The molecule has 0 spiro atoms. The molecular formula is C12H17NO3. The Morgan fingerprint density at radius 3 is 2.75 bits per heavy atom. The van der Waals surface area contributed by atoms with Gasteiger partial charge in [0.2, 0.25) is 0 Å². The van der Waals surface area contributed by atoms with Crippen LogP contribution in [0.1, 0.15) is 19.5 Å². The number of carbonyl (C=O) groups is 1. The predicted molar refractivity (Wildman–Crippen MR) is 60.3 cm³/mol. The van der Waals surface area contributed by atoms with Crippen LogP contribution in [0.3, 0.4) is 0 Å². The van der Waals surface area contributed by atoms with E-state index >= 15 is 0 Å². The van der Waals surface area contributed by atoms with E-state index in [1.54, 1.807) is 26.1 Å². The van der Waals surface area contributed by atoms with E-state index in [-0.39, 0.29) is 12.6 Å². The Bertz CT molecular complexity index is 374. The summed E-state index contributed by atoms with van der Waals surface area (Å²) in [6.45, 7) is 5.70. The molecule has 0 atom stereocenters. The van der Waals surface area contributed by atoms with Crippen molar-refractivity contribution in [2.45, 2.75) is 20.8 Å². The van der Waals surface area contributed by atoms with Crippen molar-refractivity contribution >= 4 is 5.97 Å². The van der Waals surface area contributed by atoms with E-state index in [4.69, 9.17) is 9.47 Å². The minimum absolute atomic E-state index is 0.270. The van der Waals surface area contributed by atoms with Crippen molar-refractivity contribution in [1.29, 1.82) is 0 Å². The Balaban J connectivity index is 2.65. The Labute approximate surface area is 95.6 Å². The largest absolute Gasteiger partial charge is 0.491 e. The summed E-state index contributed by atoms with van der Waals surface area (Å²) in [5, 5.41) is 0. The van der Waals surface area contributed by atoms with Gasteiger partial charge in [0.1, 0.15) is 12.4 Å². The third-order valence-electron chi connectivity index (χ3n) is 2.28. The maximum atomic E-state index is 11.4. The first-order valence-corrected chi connectivity index (χ1v) is 5.10. The van der Waals surface area contributed by atoms with Crippen LogP contribution in [0.2, 0.25) is 0 Å². The molecule has 0 aliphatic rings. The minimum Gasteiger partial charge on any atom is -0.491 e. The van der Waals surface area contributed by atoms with Crippen molar-refractivity contribution in [3.05, 3.63) is 24.0 Å². The number of hydrogen-bond donors (Lipinski definition) is 0. The second kappa shape index (κ2) is 4.96. The lowest BCUT2D eigenvalue weighted by Crippen LogP contribution is -2.32. The summed E-state index contributed by atoms with van der Waals surface area (Å²) in [5.41, 5.74) is 0.153. The smallest absolute Gasteiger partial charge is 0.314 e. The highest BCUT2D eigenvalue weighted by atomic mass is 16.5. The normalized spacial score (nSPS) is 11.0. The number of pyridine rings is 1. The van der Waals surface area contributed by atoms with Crippen LogP contribution < -0.4 is 4.74 Å². The maximum absolute atomic E-state index is 11.4. The lowest BCUT2D eigenvalue weighted by atomic mass is 9.95. The first kappa shape index (κ1) is 12.5. The van der Waals surface area contributed by atoms with Crippen molar-refractivity contribution in [3.63, 3.8) is 0 Å². The van der Waals surface area contributed by atoms with E-state index in [1.807, 2.05) is 13.0 Å². The molecule has 1 aromatic heterocycles. The number of aromatic nitrogens is 1. The molecule has 88 valence electrons. The number of esters is 1. The molecule has 0 N–H and O–H groups in total. The second-order valence-electron chi connectivity index (χ2n) is 4.25. The first-order chi connectivity index (χ1) is 7.47. The van der Waals surface area contributed by atoms with Crippen molar-refractivity contribution < 1.29 is 14.3 Å². The Morgan fingerprint density at radius 1 is 1.50 bits per heavy atom. The van der Waals surface area contributed by atoms with Gasteiger partial charge in [0.15, 0.2) is 0 Å². The molecule has 1 rings (SSSR count). The highest BCUT2D eigenvalue weighted by Crippen LogP contribution is 2.21. The van der Waals surface area contributed by atoms with Crippen LogP contribution in [-0.4, -0.2) is 24.7 Å². The van der Waals surface area contributed by atoms with Gasteiger partial charge in [-0.25, -0.2) is 0 Å². The summed E-state index contributed by atoms with van der Waals surface area (Å²) in [6.07, 6.45) is 1.70. The van der Waals surface area contributed by atoms with Crippen LogP contribution in [0.5, 0.6) is 5.75 Å². The van der Waals surface area contributed by atoms with Gasteiger partial charge in [-0.2, -0.15) is 0 Å². The molecule has 1 heterocycles. The molecular weight excluding hydrogens is 206 g/mol. The van der Waals surface area contributed by atoms with E-state index in [2.05, 4.69) is 4.98 Å². The van der Waals surface area contributed by atoms with E-state index in [9.17, 15) is 4.79 Å². The Hall–Kier alpha value is -1.58. The van der Waals surface area contributed by atoms with Gasteiger partial charge in [0.05, 0.1) is 18.2 Å². The molecule has 0 saturated heterocycles. The first-order valence-electron chi connectivity index (χ1n) is 5.10. The third kappa shape index (κ3) is 2.95. The zero-order valence-electron chi connectivity index (χ0n) is 10.1. The Morgan fingerprint density at radius 2 is 2.19 bits per heavy atom. The predicted octanol–water partition coefficient (Wildman–Crippen LogP) is 1.97. The number of ether oxygens (including phenoxy) is 2. The summed E-state index contributed by atoms with van der Waals surface area (Å²) in [5.74, 6) is 0.411. The van der Waals surface area contributed by atoms with Gasteiger partial charge in [-0.15, -0.1) is 0 Å². The van der Waals surface area contributed by atoms with Crippen LogP contribution in [0.4, 0.5) is 0 Å². The van der Waals surface area contributed by atoms with Gasteiger partial charge in [0.25, 0.3) is 0 Å². The molecule has 0 radical (unpaired) electrons. The molecule has 0 aliphatic heterocycles. The monoisotopic (exact) mass is 223 g/mol. The zero-order chi connectivity index (χ0) is 12.2. The molecule has 0 aromatic carbocycles. The van der Waals surface area contributed by atoms with E-state index in [1.165, 1.54) is 7.11 Å². The highest BCUT2D eigenvalue weighted by molar-refractivity contribution is 5.75. The number of methoxy groups -OCH3 is 1. The highest BCUT2D eigenvalue weighted by Gasteiger charge is 2.29. The second-order valence-corrected chi connectivity index (χ2v) is 4.25. The van der Waals surface area contributed by atoms with E-state index in [0.717, 1.165) is 5.69 Å². The summed E-state index contributed by atoms with van der Waals surface area (Å²) >= 11 is 0. The standard InChI is InChI=1S/C12H17NO3/c1-9-10(6-5-7-13-9)16-8-12(2,3)11(14)15-4/h5-7H,8H2,1-4H3. The zero-order valence-corrected chi connectivity index (χ0v) is 10.1. The topological polar surface area (TPSA) is 48.4 Å². The van der Waals surface area contributed by atoms with Crippen LogP contribution in [0.25, 0.3) is 0 Å². The molecule has 0 unspecified atom stereocenters. The summed E-state index contributed by atoms with van der Waals surface area (Å²) < 4.78 is 10.3. The van der Waals surface area contributed by atoms with Crippen LogP contribution in [0.15, 0.2) is 18.3 Å². The number of carbonyl (C=O) groups excluding carboxylic acids is 1. The molecule has 0 amide bonds. The summed E-state index contributed by atoms with van der Waals surface area (Å²) in [6, 6.07) is 3.63. The van der Waals surface area contributed by atoms with Crippen LogP contribution in [-0.2, 0) is 9.53 Å². The van der Waals surface area contributed by atoms with Gasteiger partial charge in [0, 0.05) is 6.20 Å². The third-order valence-corrected chi connectivity index (χ3v) is 2.28. The lowest BCUT2D eigenvalue weighted by Gasteiger charge is -2.21. The number of rotatable bonds is 4. The SMILES string of the molecule is COC(=O)C(C)(C)COc1cccnc1C. The average Bonchev–Trinajstić information content (AvgIpc) is 2.27. The fourth-order valence-electron chi connectivity index (χ4n) is 1.22. The fraction of sp³-hybridized carbons (Fsp3) is 0.500. The molecule has 16 heavy (non-hydrogen) atoms. The van der Waals surface area contributed by atoms with Gasteiger partial charge in [-0.1, -0.05) is 0 Å². The molecule has 0 fully saturated rings. The lowest BCUT2D eigenvalue weighted by molar-refractivity contribution is -0.152. The van der Waals surface area contributed by atoms with Crippen LogP contribution in [0, 0.1) is 12.3 Å². The molecule has 1 aromatic rings. The average molecular weight is 223 g/mol. The summed E-state index contributed by atoms with van der Waals surface area (Å²) in [7, 11) is 1.37. The molecule has 0 saturated carbocycles. The molecule has 4 nitrogen and oxygen atoms in total. The van der Waals surface area contributed by atoms with Gasteiger partial charge in [-0.3, -0.25) is 9.78 Å². The molecule has 0 bridgehead atoms.